The van der Waals surface area contributed by atoms with Crippen LogP contribution in [-0.2, 0) is 12.8 Å². The topological polar surface area (TPSA) is 75.3 Å². The molecule has 0 atom stereocenters. The molecule has 2 aliphatic rings. The second-order valence-corrected chi connectivity index (χ2v) is 18.1. The number of unbranched alkanes of at least 4 members (excludes halogenated alkanes) is 8. The predicted octanol–water partition coefficient (Wildman–Crippen LogP) is 15.6. The minimum Gasteiger partial charge on any atom is -0.237 e. The molecule has 0 saturated heterocycles. The fourth-order valence-electron chi connectivity index (χ4n) is 9.62. The second kappa shape index (κ2) is 25.7. The molecule has 0 bridgehead atoms. The SMILES string of the molecule is CCCCCc1ccc(-c2ncc([C@H]3CC[C@H](CCCCC)CC3)cn2)cc1C#N.CCCCCc1ccc(-c2nccc([C@H]3CC[C@H](CCCCC)CC3)n2)cc1C. The van der Waals surface area contributed by atoms with E-state index in [-0.39, 0.29) is 0 Å². The fourth-order valence-corrected chi connectivity index (χ4v) is 9.62. The third-order valence-corrected chi connectivity index (χ3v) is 13.6. The van der Waals surface area contributed by atoms with Gasteiger partial charge in [0.05, 0.1) is 11.6 Å². The van der Waals surface area contributed by atoms with Gasteiger partial charge in [-0.3, -0.25) is 0 Å². The van der Waals surface area contributed by atoms with Crippen LogP contribution >= 0.6 is 0 Å². The monoisotopic (exact) mass is 796 g/mol. The number of nitriles is 1. The minimum atomic E-state index is 0.608. The van der Waals surface area contributed by atoms with E-state index in [1.165, 1.54) is 164 Å². The Balaban J connectivity index is 0.000000224. The van der Waals surface area contributed by atoms with E-state index in [4.69, 9.17) is 4.98 Å². The summed E-state index contributed by atoms with van der Waals surface area (Å²) in [4.78, 5) is 18.9. The number of benzene rings is 2. The lowest BCUT2D eigenvalue weighted by atomic mass is 9.77. The van der Waals surface area contributed by atoms with Crippen LogP contribution in [0.15, 0.2) is 61.1 Å². The molecule has 0 radical (unpaired) electrons. The van der Waals surface area contributed by atoms with Gasteiger partial charge in [0.1, 0.15) is 0 Å². The lowest BCUT2D eigenvalue weighted by molar-refractivity contribution is 0.300. The Morgan fingerprint density at radius 3 is 1.64 bits per heavy atom. The Morgan fingerprint density at radius 2 is 1.08 bits per heavy atom. The summed E-state index contributed by atoms with van der Waals surface area (Å²) >= 11 is 0. The summed E-state index contributed by atoms with van der Waals surface area (Å²) in [5, 5.41) is 9.56. The van der Waals surface area contributed by atoms with Crippen molar-refractivity contribution in [2.75, 3.05) is 0 Å². The van der Waals surface area contributed by atoms with E-state index < -0.39 is 0 Å². The van der Waals surface area contributed by atoms with E-state index in [0.717, 1.165) is 58.6 Å². The van der Waals surface area contributed by atoms with Crippen LogP contribution in [-0.4, -0.2) is 19.9 Å². The highest BCUT2D eigenvalue weighted by Gasteiger charge is 2.24. The van der Waals surface area contributed by atoms with Gasteiger partial charge < -0.3 is 0 Å². The molecule has 2 aromatic carbocycles. The maximum Gasteiger partial charge on any atom is 0.159 e. The van der Waals surface area contributed by atoms with Gasteiger partial charge in [-0.15, -0.1) is 0 Å². The average Bonchev–Trinajstić information content (AvgIpc) is 3.28. The van der Waals surface area contributed by atoms with E-state index in [1.54, 1.807) is 0 Å². The van der Waals surface area contributed by atoms with Crippen LogP contribution in [0.4, 0.5) is 0 Å². The van der Waals surface area contributed by atoms with Crippen molar-refractivity contribution in [3.8, 4) is 28.8 Å². The molecule has 5 nitrogen and oxygen atoms in total. The van der Waals surface area contributed by atoms with Crippen molar-refractivity contribution in [2.45, 2.75) is 201 Å². The van der Waals surface area contributed by atoms with Gasteiger partial charge in [0.25, 0.3) is 0 Å². The Labute approximate surface area is 359 Å². The molecular weight excluding hydrogens is 719 g/mol. The number of aryl methyl sites for hydroxylation is 3. The summed E-state index contributed by atoms with van der Waals surface area (Å²) in [5.74, 6) is 4.72. The van der Waals surface area contributed by atoms with Gasteiger partial charge >= 0.3 is 0 Å². The van der Waals surface area contributed by atoms with Crippen molar-refractivity contribution in [1.29, 1.82) is 5.26 Å². The van der Waals surface area contributed by atoms with Crippen molar-refractivity contribution in [3.05, 3.63) is 94.6 Å². The normalized spacial score (nSPS) is 19.1. The zero-order valence-corrected chi connectivity index (χ0v) is 37.8. The number of hydrogen-bond donors (Lipinski definition) is 0. The van der Waals surface area contributed by atoms with Gasteiger partial charge in [-0.1, -0.05) is 129 Å². The lowest BCUT2D eigenvalue weighted by Crippen LogP contribution is -2.14. The Bertz CT molecular complexity index is 1820. The summed E-state index contributed by atoms with van der Waals surface area (Å²) < 4.78 is 0. The van der Waals surface area contributed by atoms with Crippen LogP contribution in [0, 0.1) is 30.1 Å². The number of hydrogen-bond acceptors (Lipinski definition) is 5. The van der Waals surface area contributed by atoms with E-state index in [2.05, 4.69) is 92.0 Å². The molecule has 0 amide bonds. The number of rotatable bonds is 20. The zero-order valence-electron chi connectivity index (χ0n) is 37.8. The molecule has 0 spiro atoms. The summed E-state index contributed by atoms with van der Waals surface area (Å²) in [7, 11) is 0. The fraction of sp³-hybridized carbons (Fsp3) is 0.611. The molecule has 0 aliphatic heterocycles. The summed E-state index contributed by atoms with van der Waals surface area (Å²) in [6.07, 6.45) is 37.2. The molecule has 2 aromatic heterocycles. The van der Waals surface area contributed by atoms with Gasteiger partial charge in [-0.05, 0) is 142 Å². The standard InChI is InChI=1S/C27H37N3.C27H40N2/c1-3-5-7-9-21-11-13-23(14-12-21)26-19-29-27(30-20-26)24-16-15-22(10-8-6-4-2)25(17-24)18-28;1-4-6-8-10-22-12-14-24(15-13-22)26-18-19-28-27(29-26)25-17-16-23(21(3)20-25)11-9-7-5-2/h15-17,19-21,23H,3-14H2,1-2H3;16-20,22,24H,4-15H2,1-3H3/t21-,23-;22-,24-. The Hall–Kier alpha value is -3.91. The molecule has 2 fully saturated rings. The first kappa shape index (κ1) is 46.2. The quantitative estimate of drug-likeness (QED) is 0.0833. The van der Waals surface area contributed by atoms with Crippen LogP contribution in [0.25, 0.3) is 22.8 Å². The minimum absolute atomic E-state index is 0.608. The van der Waals surface area contributed by atoms with Crippen LogP contribution in [0.2, 0.25) is 0 Å². The van der Waals surface area contributed by atoms with Gasteiger partial charge in [-0.2, -0.15) is 5.26 Å². The molecule has 2 heterocycles. The van der Waals surface area contributed by atoms with Crippen molar-refractivity contribution >= 4 is 0 Å². The summed E-state index contributed by atoms with van der Waals surface area (Å²) in [6, 6.07) is 17.4. The highest BCUT2D eigenvalue weighted by molar-refractivity contribution is 5.60. The van der Waals surface area contributed by atoms with Crippen LogP contribution in [0.5, 0.6) is 0 Å². The molecular formula is C54H77N5. The van der Waals surface area contributed by atoms with Crippen molar-refractivity contribution in [1.82, 2.24) is 19.9 Å². The molecule has 2 aliphatic carbocycles. The Kier molecular flexibility index (Phi) is 20.1. The summed E-state index contributed by atoms with van der Waals surface area (Å²) in [6.45, 7) is 11.3. The van der Waals surface area contributed by atoms with Gasteiger partial charge in [0, 0.05) is 41.3 Å². The van der Waals surface area contributed by atoms with Crippen LogP contribution in [0.3, 0.4) is 0 Å². The third-order valence-electron chi connectivity index (χ3n) is 13.6. The molecule has 6 rings (SSSR count). The smallest absolute Gasteiger partial charge is 0.159 e. The highest BCUT2D eigenvalue weighted by atomic mass is 14.9. The largest absolute Gasteiger partial charge is 0.237 e. The van der Waals surface area contributed by atoms with Gasteiger partial charge in [-0.25, -0.2) is 19.9 Å². The number of nitrogens with zero attached hydrogens (tertiary/aromatic N) is 5. The predicted molar refractivity (Wildman–Crippen MR) is 249 cm³/mol. The van der Waals surface area contributed by atoms with Gasteiger partial charge in [0.15, 0.2) is 11.6 Å². The second-order valence-electron chi connectivity index (χ2n) is 18.1. The molecule has 2 saturated carbocycles. The highest BCUT2D eigenvalue weighted by Crippen LogP contribution is 2.39. The molecule has 5 heteroatoms. The first-order valence-electron chi connectivity index (χ1n) is 24.2. The summed E-state index contributed by atoms with van der Waals surface area (Å²) in [5.41, 5.74) is 9.39. The molecule has 0 unspecified atom stereocenters. The average molecular weight is 796 g/mol. The van der Waals surface area contributed by atoms with E-state index in [0.29, 0.717) is 11.8 Å². The molecule has 59 heavy (non-hydrogen) atoms. The van der Waals surface area contributed by atoms with Crippen LogP contribution < -0.4 is 0 Å². The molecule has 0 N–H and O–H groups in total. The van der Waals surface area contributed by atoms with E-state index in [1.807, 2.05) is 24.7 Å². The first-order chi connectivity index (χ1) is 29.0. The van der Waals surface area contributed by atoms with E-state index >= 15 is 0 Å². The van der Waals surface area contributed by atoms with Crippen LogP contribution in [0.1, 0.15) is 214 Å². The Morgan fingerprint density at radius 1 is 0.559 bits per heavy atom. The van der Waals surface area contributed by atoms with Crippen molar-refractivity contribution < 1.29 is 0 Å². The number of aromatic nitrogens is 4. The maximum absolute atomic E-state index is 9.56. The lowest BCUT2D eigenvalue weighted by Gasteiger charge is -2.28. The van der Waals surface area contributed by atoms with Crippen molar-refractivity contribution in [3.63, 3.8) is 0 Å². The molecule has 4 aromatic rings. The maximum atomic E-state index is 9.56. The van der Waals surface area contributed by atoms with Crippen molar-refractivity contribution in [2.24, 2.45) is 11.8 Å². The zero-order chi connectivity index (χ0) is 41.7. The van der Waals surface area contributed by atoms with E-state index in [9.17, 15) is 5.26 Å². The third kappa shape index (κ3) is 14.7. The van der Waals surface area contributed by atoms with Gasteiger partial charge in [0.2, 0.25) is 0 Å². The first-order valence-corrected chi connectivity index (χ1v) is 24.2. The molecule has 318 valence electrons.